The van der Waals surface area contributed by atoms with E-state index in [1.807, 2.05) is 25.1 Å². The number of amides is 3. The van der Waals surface area contributed by atoms with Gasteiger partial charge < -0.3 is 39.1 Å². The van der Waals surface area contributed by atoms with Crippen molar-refractivity contribution in [2.45, 2.75) is 41.4 Å². The van der Waals surface area contributed by atoms with Crippen LogP contribution >= 0.6 is 99.9 Å². The van der Waals surface area contributed by atoms with Gasteiger partial charge in [0.05, 0.1) is 11.4 Å². The van der Waals surface area contributed by atoms with Crippen LogP contribution < -0.4 is 31.4 Å². The summed E-state index contributed by atoms with van der Waals surface area (Å²) in [6.07, 6.45) is -0.0298. The number of hydrogen-bond acceptors (Lipinski definition) is 9. The summed E-state index contributed by atoms with van der Waals surface area (Å²) in [6, 6.07) is 21.1. The fourth-order valence-corrected chi connectivity index (χ4v) is 5.63. The molecule has 0 radical (unpaired) electrons. The Bertz CT molecular complexity index is 2730. The monoisotopic (exact) mass is 1520 g/mol. The van der Waals surface area contributed by atoms with Crippen LogP contribution in [0.3, 0.4) is 0 Å². The Morgan fingerprint density at radius 1 is 0.625 bits per heavy atom. The topological polar surface area (TPSA) is 195 Å². The maximum atomic E-state index is 12.2. The number of fused-ring (bicyclic) bond motifs is 3. The first-order chi connectivity index (χ1) is 29.6. The second kappa shape index (κ2) is 29.8. The first-order valence-corrected chi connectivity index (χ1v) is 40.6. The number of benzene rings is 3. The zero-order chi connectivity index (χ0) is 47.7. The molecule has 22 heteroatoms. The van der Waals surface area contributed by atoms with Gasteiger partial charge in [0.25, 0.3) is 16.7 Å². The number of anilines is 3. The number of hydrogen-bond donors (Lipinski definition) is 3. The van der Waals surface area contributed by atoms with E-state index in [2.05, 4.69) is 115 Å². The van der Waals surface area contributed by atoms with E-state index < -0.39 is 6.29 Å². The molecule has 3 aromatic heterocycles. The minimum absolute atomic E-state index is 0. The van der Waals surface area contributed by atoms with Crippen LogP contribution in [0.1, 0.15) is 56.4 Å². The molecule has 0 spiro atoms. The quantitative estimate of drug-likeness (QED) is 0.0792. The first kappa shape index (κ1) is 60.1. The van der Waals surface area contributed by atoms with Gasteiger partial charge >= 0.3 is 114 Å². The molecule has 0 aliphatic carbocycles. The fraction of sp³-hybridized carbons (Fsp3) is 0.262. The number of pyridine rings is 3. The summed E-state index contributed by atoms with van der Waals surface area (Å²) < 4.78 is 10.3. The Balaban J connectivity index is 0.000000445. The summed E-state index contributed by atoms with van der Waals surface area (Å²) in [4.78, 5) is 92.5. The number of ether oxygens (including phenoxy) is 2. The molecule has 64 heavy (non-hydrogen) atoms. The third-order valence-corrected chi connectivity index (χ3v) is 9.05. The van der Waals surface area contributed by atoms with Gasteiger partial charge in [0.2, 0.25) is 17.7 Å². The molecule has 3 N–H and O–H groups in total. The van der Waals surface area contributed by atoms with Crippen molar-refractivity contribution in [2.24, 2.45) is 0 Å². The van der Waals surface area contributed by atoms with E-state index in [4.69, 9.17) is 9.47 Å². The summed E-state index contributed by atoms with van der Waals surface area (Å²) in [5.41, 5.74) is 2.93. The van der Waals surface area contributed by atoms with Crippen LogP contribution in [-0.4, -0.2) is 74.3 Å². The minimum atomic E-state index is -0.623. The van der Waals surface area contributed by atoms with Crippen LogP contribution in [0, 0.1) is 6.92 Å². The number of nitrogens with one attached hydrogen (secondary N) is 3. The summed E-state index contributed by atoms with van der Waals surface area (Å²) >= 11 is 12.1. The second-order valence-electron chi connectivity index (χ2n) is 13.1. The molecule has 0 saturated carbocycles. The number of methoxy groups -OCH3 is 2. The van der Waals surface area contributed by atoms with Crippen LogP contribution in [0.15, 0.2) is 87.2 Å². The molecular weight excluding hydrogens is 1470 g/mol. The number of carbonyl (C=O) groups excluding carboxylic acids is 4. The summed E-state index contributed by atoms with van der Waals surface area (Å²) in [7, 11) is 8.62. The molecule has 0 aliphatic rings. The van der Waals surface area contributed by atoms with Crippen molar-refractivity contribution in [1.29, 1.82) is 0 Å². The van der Waals surface area contributed by atoms with Crippen molar-refractivity contribution >= 4 is 173 Å². The summed E-state index contributed by atoms with van der Waals surface area (Å²) in [6.45, 7) is 6.25. The van der Waals surface area contributed by atoms with E-state index in [-0.39, 0.29) is 52.4 Å². The van der Waals surface area contributed by atoms with Crippen molar-refractivity contribution in [3.63, 3.8) is 0 Å². The molecule has 0 unspecified atom stereocenters. The van der Waals surface area contributed by atoms with Crippen molar-refractivity contribution < 1.29 is 43.0 Å². The van der Waals surface area contributed by atoms with Gasteiger partial charge in [0.15, 0.2) is 12.6 Å². The third kappa shape index (κ3) is 18.3. The van der Waals surface area contributed by atoms with E-state index in [1.165, 1.54) is 49.7 Å². The van der Waals surface area contributed by atoms with Crippen LogP contribution in [0.25, 0.3) is 32.3 Å². The fourth-order valence-electron chi connectivity index (χ4n) is 5.63. The predicted octanol–water partition coefficient (Wildman–Crippen LogP) is 10.0. The SMILES string of the molecule is C.CC(=O)N(C)c1ccc2cc(C)[nH]c(=O)c2c1.CC(=O)N(C)c1ccc2cc(C=O)[nH]c(=O)c2c1.COC(OC)c1cc2ccc(N(C)C(C)=O)cc2c(=O)[nH]1.[I][V]([I])[I].[I][V][I]. The van der Waals surface area contributed by atoms with Crippen LogP contribution in [0.2, 0.25) is 0 Å². The molecule has 345 valence electrons. The Morgan fingerprint density at radius 3 is 1.30 bits per heavy atom. The van der Waals surface area contributed by atoms with Crippen molar-refractivity contribution in [2.75, 3.05) is 50.1 Å². The van der Waals surface area contributed by atoms with E-state index in [9.17, 15) is 33.6 Å². The van der Waals surface area contributed by atoms with E-state index in [1.54, 1.807) is 75.7 Å². The molecular formula is C42H48I5N6O9V2. The number of aromatic nitrogens is 3. The summed E-state index contributed by atoms with van der Waals surface area (Å²) in [5.74, 6) is -0.274. The Labute approximate surface area is 437 Å². The molecule has 3 amide bonds. The van der Waals surface area contributed by atoms with Gasteiger partial charge in [-0.25, -0.2) is 0 Å². The number of aldehydes is 1. The molecule has 6 rings (SSSR count). The third-order valence-electron chi connectivity index (χ3n) is 9.05. The second-order valence-corrected chi connectivity index (χ2v) is 60.3. The first-order valence-electron chi connectivity index (χ1n) is 18.1. The summed E-state index contributed by atoms with van der Waals surface area (Å²) in [5, 5.41) is 3.87. The number of rotatable bonds is 7. The Morgan fingerprint density at radius 2 is 0.953 bits per heavy atom. The van der Waals surface area contributed by atoms with Gasteiger partial charge in [0.1, 0.15) is 0 Å². The van der Waals surface area contributed by atoms with Crippen LogP contribution in [0.4, 0.5) is 17.1 Å². The number of aryl methyl sites for hydroxylation is 1. The molecule has 15 nitrogen and oxygen atoms in total. The molecule has 3 aromatic carbocycles. The molecule has 3 heterocycles. The van der Waals surface area contributed by atoms with Crippen molar-refractivity contribution in [3.05, 3.63) is 121 Å². The van der Waals surface area contributed by atoms with Gasteiger partial charge in [0, 0.05) is 95.0 Å². The maximum absolute atomic E-state index is 12.2. The molecule has 0 saturated heterocycles. The van der Waals surface area contributed by atoms with E-state index in [0.29, 0.717) is 54.4 Å². The number of nitrogens with zero attached hydrogens (tertiary/aromatic N) is 3. The van der Waals surface area contributed by atoms with Gasteiger partial charge in [-0.2, -0.15) is 0 Å². The molecule has 6 aromatic rings. The average Bonchev–Trinajstić information content (AvgIpc) is 3.23. The average molecular weight is 1520 g/mol. The number of halogens is 5. The van der Waals surface area contributed by atoms with Gasteiger partial charge in [-0.05, 0) is 77.7 Å². The number of H-pyrrole nitrogens is 3. The van der Waals surface area contributed by atoms with Gasteiger partial charge in [-0.3, -0.25) is 33.6 Å². The number of carbonyl (C=O) groups is 4. The Kier molecular flexibility index (Phi) is 28.0. The van der Waals surface area contributed by atoms with E-state index >= 15 is 0 Å². The van der Waals surface area contributed by atoms with Crippen molar-refractivity contribution in [1.82, 2.24) is 15.0 Å². The zero-order valence-corrected chi connectivity index (χ0v) is 49.0. The predicted molar refractivity (Wildman–Crippen MR) is 295 cm³/mol. The molecule has 0 fully saturated rings. The zero-order valence-electron chi connectivity index (χ0n) is 35.4. The van der Waals surface area contributed by atoms with Gasteiger partial charge in [-0.15, -0.1) is 0 Å². The molecule has 0 bridgehead atoms. The standard InChI is InChI=1S/C15H18N2O4.C13H12N2O3.C13H14N2O2.CH4.5HI.2V/c1-9(18)17(2)11-6-5-10-7-13(15(20-3)21-4)16-14(19)12(10)8-11;1-8(17)15(2)11-4-3-9-5-10(7-16)14-13(18)12(9)6-11;1-8-6-10-4-5-11(15(3)9(2)16)7-12(10)13(17)14-8;;;;;;;;/h5-8,15H,1-4H3,(H,16,19);3-7H,1-2H3,(H,14,18);4-7H,1-3H3,(H,14,17);1H4;5*1H;;/q;;;;;;;;;+2;+3/p-5. The van der Waals surface area contributed by atoms with Gasteiger partial charge in [-0.1, -0.05) is 25.6 Å². The van der Waals surface area contributed by atoms with Crippen molar-refractivity contribution in [3.8, 4) is 0 Å². The van der Waals surface area contributed by atoms with Crippen LogP contribution in [-0.2, 0) is 38.2 Å². The Hall–Kier alpha value is -1.89. The normalized spacial score (nSPS) is 10.1. The molecule has 0 aliphatic heterocycles. The van der Waals surface area contributed by atoms with E-state index in [0.717, 1.165) is 22.2 Å². The number of aromatic amines is 3. The molecule has 0 atom stereocenters. The van der Waals surface area contributed by atoms with Crippen LogP contribution in [0.5, 0.6) is 0 Å².